The first-order valence-corrected chi connectivity index (χ1v) is 4.73. The summed E-state index contributed by atoms with van der Waals surface area (Å²) in [6.07, 6.45) is 3.38. The van der Waals surface area contributed by atoms with Crippen molar-refractivity contribution in [2.45, 2.75) is 33.6 Å². The molecule has 14 heavy (non-hydrogen) atoms. The van der Waals surface area contributed by atoms with E-state index < -0.39 is 0 Å². The molecule has 1 aromatic rings. The molecule has 0 atom stereocenters. The van der Waals surface area contributed by atoms with Gasteiger partial charge in [-0.3, -0.25) is 4.79 Å². The molecule has 1 N–H and O–H groups in total. The van der Waals surface area contributed by atoms with Gasteiger partial charge in [-0.2, -0.15) is 0 Å². The zero-order valence-corrected chi connectivity index (χ0v) is 8.79. The lowest BCUT2D eigenvalue weighted by molar-refractivity contribution is -0.114. The quantitative estimate of drug-likeness (QED) is 0.794. The number of carbonyl (C=O) groups is 1. The van der Waals surface area contributed by atoms with E-state index in [0.717, 1.165) is 24.1 Å². The van der Waals surface area contributed by atoms with Gasteiger partial charge >= 0.3 is 0 Å². The van der Waals surface area contributed by atoms with Crippen molar-refractivity contribution in [3.05, 3.63) is 17.6 Å². The lowest BCUT2D eigenvalue weighted by Gasteiger charge is -2.09. The summed E-state index contributed by atoms with van der Waals surface area (Å²) >= 11 is 0. The fourth-order valence-electron chi connectivity index (χ4n) is 1.32. The standard InChI is InChI=1S/C10H15N3O/c1-4-5-9-7(2)11-6-12-10(9)13-8(3)14/h6H,4-5H2,1-3H3,(H,11,12,13,14). The van der Waals surface area contributed by atoms with Crippen LogP contribution in [-0.2, 0) is 11.2 Å². The summed E-state index contributed by atoms with van der Waals surface area (Å²) in [4.78, 5) is 19.1. The van der Waals surface area contributed by atoms with Crippen molar-refractivity contribution < 1.29 is 4.79 Å². The zero-order chi connectivity index (χ0) is 10.6. The van der Waals surface area contributed by atoms with Crippen LogP contribution in [0.25, 0.3) is 0 Å². The summed E-state index contributed by atoms with van der Waals surface area (Å²) in [5.41, 5.74) is 1.97. The Balaban J connectivity index is 3.01. The smallest absolute Gasteiger partial charge is 0.222 e. The summed E-state index contributed by atoms with van der Waals surface area (Å²) in [6.45, 7) is 5.50. The van der Waals surface area contributed by atoms with E-state index in [9.17, 15) is 4.79 Å². The summed E-state index contributed by atoms with van der Waals surface area (Å²) in [5, 5.41) is 2.71. The van der Waals surface area contributed by atoms with E-state index in [1.54, 1.807) is 0 Å². The largest absolute Gasteiger partial charge is 0.311 e. The molecular weight excluding hydrogens is 178 g/mol. The van der Waals surface area contributed by atoms with Crippen molar-refractivity contribution >= 4 is 11.7 Å². The third-order valence-electron chi connectivity index (χ3n) is 1.96. The Hall–Kier alpha value is -1.45. The minimum absolute atomic E-state index is 0.0968. The molecule has 1 rings (SSSR count). The first-order chi connectivity index (χ1) is 6.65. The van der Waals surface area contributed by atoms with E-state index in [0.29, 0.717) is 5.82 Å². The van der Waals surface area contributed by atoms with Crippen molar-refractivity contribution in [2.24, 2.45) is 0 Å². The zero-order valence-electron chi connectivity index (χ0n) is 8.79. The molecule has 1 heterocycles. The second-order valence-corrected chi connectivity index (χ2v) is 3.22. The Morgan fingerprint density at radius 1 is 1.50 bits per heavy atom. The maximum atomic E-state index is 10.9. The molecule has 0 radical (unpaired) electrons. The van der Waals surface area contributed by atoms with Crippen LogP contribution in [-0.4, -0.2) is 15.9 Å². The predicted octanol–water partition coefficient (Wildman–Crippen LogP) is 1.70. The molecule has 0 aliphatic rings. The van der Waals surface area contributed by atoms with Gasteiger partial charge in [0, 0.05) is 18.2 Å². The topological polar surface area (TPSA) is 54.9 Å². The van der Waals surface area contributed by atoms with Gasteiger partial charge in [0.1, 0.15) is 12.1 Å². The van der Waals surface area contributed by atoms with E-state index in [1.165, 1.54) is 13.3 Å². The lowest BCUT2D eigenvalue weighted by Crippen LogP contribution is -2.11. The van der Waals surface area contributed by atoms with Gasteiger partial charge in [-0.1, -0.05) is 13.3 Å². The predicted molar refractivity (Wildman–Crippen MR) is 55.1 cm³/mol. The second kappa shape index (κ2) is 4.69. The number of anilines is 1. The Kier molecular flexibility index (Phi) is 3.56. The highest BCUT2D eigenvalue weighted by atomic mass is 16.1. The normalized spacial score (nSPS) is 9.93. The van der Waals surface area contributed by atoms with E-state index in [4.69, 9.17) is 0 Å². The fourth-order valence-corrected chi connectivity index (χ4v) is 1.32. The third kappa shape index (κ3) is 2.52. The number of nitrogens with zero attached hydrogens (tertiary/aromatic N) is 2. The van der Waals surface area contributed by atoms with Gasteiger partial charge in [-0.25, -0.2) is 9.97 Å². The Labute approximate surface area is 83.8 Å². The molecule has 0 aliphatic carbocycles. The van der Waals surface area contributed by atoms with Crippen molar-refractivity contribution in [2.75, 3.05) is 5.32 Å². The summed E-state index contributed by atoms with van der Waals surface area (Å²) < 4.78 is 0. The van der Waals surface area contributed by atoms with Gasteiger partial charge in [0.2, 0.25) is 5.91 Å². The van der Waals surface area contributed by atoms with Crippen molar-refractivity contribution in [3.8, 4) is 0 Å². The number of hydrogen-bond acceptors (Lipinski definition) is 3. The molecule has 0 bridgehead atoms. The molecule has 0 fully saturated rings. The third-order valence-corrected chi connectivity index (χ3v) is 1.96. The van der Waals surface area contributed by atoms with Crippen LogP contribution < -0.4 is 5.32 Å². The SMILES string of the molecule is CCCc1c(C)ncnc1NC(C)=O. The average molecular weight is 193 g/mol. The number of hydrogen-bond donors (Lipinski definition) is 1. The Morgan fingerprint density at radius 3 is 2.79 bits per heavy atom. The average Bonchev–Trinajstić information content (AvgIpc) is 2.10. The molecule has 1 aromatic heterocycles. The number of amides is 1. The number of aromatic nitrogens is 2. The van der Waals surface area contributed by atoms with E-state index in [-0.39, 0.29) is 5.91 Å². The molecule has 0 saturated heterocycles. The first kappa shape index (κ1) is 10.6. The van der Waals surface area contributed by atoms with Gasteiger partial charge in [-0.15, -0.1) is 0 Å². The summed E-state index contributed by atoms with van der Waals surface area (Å²) in [6, 6.07) is 0. The van der Waals surface area contributed by atoms with Crippen LogP contribution >= 0.6 is 0 Å². The van der Waals surface area contributed by atoms with Crippen LogP contribution in [0.5, 0.6) is 0 Å². The molecule has 0 aromatic carbocycles. The molecular formula is C10H15N3O. The van der Waals surface area contributed by atoms with E-state index in [2.05, 4.69) is 22.2 Å². The maximum Gasteiger partial charge on any atom is 0.222 e. The van der Waals surface area contributed by atoms with Gasteiger partial charge in [0.05, 0.1) is 0 Å². The van der Waals surface area contributed by atoms with Gasteiger partial charge in [-0.05, 0) is 13.3 Å². The summed E-state index contributed by atoms with van der Waals surface area (Å²) in [5.74, 6) is 0.548. The monoisotopic (exact) mass is 193 g/mol. The number of nitrogens with one attached hydrogen (secondary N) is 1. The molecule has 0 saturated carbocycles. The van der Waals surface area contributed by atoms with Gasteiger partial charge in [0.15, 0.2) is 0 Å². The molecule has 76 valence electrons. The van der Waals surface area contributed by atoms with Gasteiger partial charge in [0.25, 0.3) is 0 Å². The lowest BCUT2D eigenvalue weighted by atomic mass is 10.1. The van der Waals surface area contributed by atoms with Crippen LogP contribution in [0.2, 0.25) is 0 Å². The maximum absolute atomic E-state index is 10.9. The number of aryl methyl sites for hydroxylation is 1. The first-order valence-electron chi connectivity index (χ1n) is 4.73. The minimum atomic E-state index is -0.0968. The van der Waals surface area contributed by atoms with Crippen LogP contribution in [0.3, 0.4) is 0 Å². The molecule has 0 spiro atoms. The van der Waals surface area contributed by atoms with Crippen molar-refractivity contribution in [1.82, 2.24) is 9.97 Å². The number of carbonyl (C=O) groups excluding carboxylic acids is 1. The highest BCUT2D eigenvalue weighted by molar-refractivity contribution is 5.88. The molecule has 0 unspecified atom stereocenters. The Morgan fingerprint density at radius 2 is 2.21 bits per heavy atom. The summed E-state index contributed by atoms with van der Waals surface area (Å²) in [7, 11) is 0. The van der Waals surface area contributed by atoms with E-state index >= 15 is 0 Å². The Bertz CT molecular complexity index is 336. The fraction of sp³-hybridized carbons (Fsp3) is 0.500. The molecule has 0 aliphatic heterocycles. The van der Waals surface area contributed by atoms with Crippen LogP contribution in [0.15, 0.2) is 6.33 Å². The second-order valence-electron chi connectivity index (χ2n) is 3.22. The van der Waals surface area contributed by atoms with E-state index in [1.807, 2.05) is 6.92 Å². The van der Waals surface area contributed by atoms with Crippen LogP contribution in [0.4, 0.5) is 5.82 Å². The highest BCUT2D eigenvalue weighted by Gasteiger charge is 2.07. The molecule has 1 amide bonds. The van der Waals surface area contributed by atoms with Gasteiger partial charge < -0.3 is 5.32 Å². The number of rotatable bonds is 3. The minimum Gasteiger partial charge on any atom is -0.311 e. The van der Waals surface area contributed by atoms with Crippen molar-refractivity contribution in [3.63, 3.8) is 0 Å². The van der Waals surface area contributed by atoms with Crippen molar-refractivity contribution in [1.29, 1.82) is 0 Å². The highest BCUT2D eigenvalue weighted by Crippen LogP contribution is 2.16. The van der Waals surface area contributed by atoms with Crippen LogP contribution in [0, 0.1) is 6.92 Å². The molecule has 4 heteroatoms. The van der Waals surface area contributed by atoms with Crippen LogP contribution in [0.1, 0.15) is 31.5 Å². The molecule has 4 nitrogen and oxygen atoms in total.